The van der Waals surface area contributed by atoms with Crippen molar-refractivity contribution in [2.24, 2.45) is 0 Å². The van der Waals surface area contributed by atoms with Gasteiger partial charge in [0.15, 0.2) is 0 Å². The van der Waals surface area contributed by atoms with Crippen molar-refractivity contribution in [3.63, 3.8) is 0 Å². The van der Waals surface area contributed by atoms with Crippen molar-refractivity contribution in [3.8, 4) is 11.3 Å². The number of aryl methyl sites for hydroxylation is 1. The van der Waals surface area contributed by atoms with Crippen LogP contribution in [0.4, 0.5) is 0 Å². The Kier molecular flexibility index (Phi) is 4.52. The molecule has 0 aliphatic carbocycles. The fourth-order valence-corrected chi connectivity index (χ4v) is 2.33. The minimum atomic E-state index is -0.544. The van der Waals surface area contributed by atoms with Gasteiger partial charge in [0.25, 0.3) is 5.91 Å². The van der Waals surface area contributed by atoms with Crippen LogP contribution in [0.25, 0.3) is 11.3 Å². The Hall–Kier alpha value is -3.21. The zero-order chi connectivity index (χ0) is 16.9. The van der Waals surface area contributed by atoms with E-state index in [0.29, 0.717) is 12.2 Å². The van der Waals surface area contributed by atoms with Gasteiger partial charge in [-0.2, -0.15) is 4.98 Å². The molecule has 1 heterocycles. The zero-order valence-corrected chi connectivity index (χ0v) is 13.2. The fraction of sp³-hybridized carbons (Fsp3) is 0.105. The highest BCUT2D eigenvalue weighted by atomic mass is 16.2. The van der Waals surface area contributed by atoms with Gasteiger partial charge >= 0.3 is 5.69 Å². The fourth-order valence-electron chi connectivity index (χ4n) is 2.33. The predicted octanol–water partition coefficient (Wildman–Crippen LogP) is 2.68. The second kappa shape index (κ2) is 6.91. The standard InChI is InChI=1S/C19H17N3O2/c1-13-7-9-15(10-8-13)16-11-17(22-19(24)21-16)18(23)20-12-14-5-3-2-4-6-14/h2-11H,12H2,1H3,(H,20,23)(H,21,22,24). The molecule has 0 saturated heterocycles. The van der Waals surface area contributed by atoms with Crippen molar-refractivity contribution in [2.45, 2.75) is 13.5 Å². The first-order valence-electron chi connectivity index (χ1n) is 7.62. The van der Waals surface area contributed by atoms with Crippen LogP contribution in [0.3, 0.4) is 0 Å². The number of carbonyl (C=O) groups excluding carboxylic acids is 1. The maximum absolute atomic E-state index is 12.3. The number of rotatable bonds is 4. The van der Waals surface area contributed by atoms with Gasteiger partial charge in [0, 0.05) is 12.1 Å². The van der Waals surface area contributed by atoms with Gasteiger partial charge in [-0.15, -0.1) is 0 Å². The molecule has 2 aromatic carbocycles. The predicted molar refractivity (Wildman–Crippen MR) is 92.6 cm³/mol. The third-order valence-corrected chi connectivity index (χ3v) is 3.63. The molecule has 0 bridgehead atoms. The van der Waals surface area contributed by atoms with Crippen LogP contribution < -0.4 is 11.0 Å². The number of hydrogen-bond acceptors (Lipinski definition) is 3. The molecule has 120 valence electrons. The molecule has 2 N–H and O–H groups in total. The van der Waals surface area contributed by atoms with Crippen LogP contribution >= 0.6 is 0 Å². The molecule has 5 nitrogen and oxygen atoms in total. The molecule has 0 fully saturated rings. The zero-order valence-electron chi connectivity index (χ0n) is 13.2. The third kappa shape index (κ3) is 3.76. The van der Waals surface area contributed by atoms with E-state index in [4.69, 9.17) is 0 Å². The molecule has 0 spiro atoms. The lowest BCUT2D eigenvalue weighted by molar-refractivity contribution is 0.0945. The number of benzene rings is 2. The van der Waals surface area contributed by atoms with Crippen molar-refractivity contribution >= 4 is 5.91 Å². The monoisotopic (exact) mass is 319 g/mol. The van der Waals surface area contributed by atoms with Gasteiger partial charge in [0.2, 0.25) is 0 Å². The van der Waals surface area contributed by atoms with E-state index in [0.717, 1.165) is 16.7 Å². The number of amides is 1. The first-order chi connectivity index (χ1) is 11.6. The van der Waals surface area contributed by atoms with Crippen LogP contribution in [0, 0.1) is 6.92 Å². The smallest absolute Gasteiger partial charge is 0.346 e. The van der Waals surface area contributed by atoms with E-state index in [9.17, 15) is 9.59 Å². The number of aromatic amines is 1. The van der Waals surface area contributed by atoms with Crippen LogP contribution in [-0.4, -0.2) is 15.9 Å². The van der Waals surface area contributed by atoms with Gasteiger partial charge in [-0.1, -0.05) is 60.2 Å². The molecule has 24 heavy (non-hydrogen) atoms. The summed E-state index contributed by atoms with van der Waals surface area (Å²) in [4.78, 5) is 30.5. The third-order valence-electron chi connectivity index (χ3n) is 3.63. The first-order valence-corrected chi connectivity index (χ1v) is 7.62. The largest absolute Gasteiger partial charge is 0.347 e. The minimum absolute atomic E-state index is 0.196. The van der Waals surface area contributed by atoms with E-state index in [-0.39, 0.29) is 11.6 Å². The molecule has 0 aliphatic heterocycles. The highest BCUT2D eigenvalue weighted by molar-refractivity contribution is 5.93. The Bertz CT molecular complexity index is 900. The summed E-state index contributed by atoms with van der Waals surface area (Å²) in [6.07, 6.45) is 0. The van der Waals surface area contributed by atoms with Crippen LogP contribution in [0.5, 0.6) is 0 Å². The molecule has 1 aromatic heterocycles. The van der Waals surface area contributed by atoms with Gasteiger partial charge in [-0.3, -0.25) is 4.79 Å². The Morgan fingerprint density at radius 3 is 2.50 bits per heavy atom. The van der Waals surface area contributed by atoms with Crippen molar-refractivity contribution in [1.29, 1.82) is 0 Å². The molecule has 0 aliphatic rings. The summed E-state index contributed by atoms with van der Waals surface area (Å²) in [6, 6.07) is 18.8. The van der Waals surface area contributed by atoms with Crippen LogP contribution in [0.2, 0.25) is 0 Å². The van der Waals surface area contributed by atoms with E-state index < -0.39 is 5.69 Å². The molecule has 3 rings (SSSR count). The minimum Gasteiger partial charge on any atom is -0.347 e. The van der Waals surface area contributed by atoms with E-state index in [2.05, 4.69) is 15.3 Å². The van der Waals surface area contributed by atoms with E-state index in [1.54, 1.807) is 6.07 Å². The topological polar surface area (TPSA) is 74.8 Å². The summed E-state index contributed by atoms with van der Waals surface area (Å²) in [5.74, 6) is -0.341. The van der Waals surface area contributed by atoms with Gasteiger partial charge < -0.3 is 10.3 Å². The molecule has 0 saturated carbocycles. The van der Waals surface area contributed by atoms with Crippen LogP contribution in [-0.2, 0) is 6.54 Å². The summed E-state index contributed by atoms with van der Waals surface area (Å²) in [5, 5.41) is 2.79. The van der Waals surface area contributed by atoms with Crippen LogP contribution in [0.1, 0.15) is 21.6 Å². The number of H-pyrrole nitrogens is 1. The maximum Gasteiger partial charge on any atom is 0.346 e. The molecule has 3 aromatic rings. The molecular weight excluding hydrogens is 302 g/mol. The quantitative estimate of drug-likeness (QED) is 0.776. The Balaban J connectivity index is 1.81. The average molecular weight is 319 g/mol. The second-order valence-corrected chi connectivity index (χ2v) is 5.52. The number of nitrogens with one attached hydrogen (secondary N) is 2. The van der Waals surface area contributed by atoms with Gasteiger partial charge in [-0.25, -0.2) is 4.79 Å². The van der Waals surface area contributed by atoms with Gasteiger partial charge in [-0.05, 0) is 18.6 Å². The highest BCUT2D eigenvalue weighted by Gasteiger charge is 2.10. The second-order valence-electron chi connectivity index (χ2n) is 5.52. The summed E-state index contributed by atoms with van der Waals surface area (Å²) in [6.45, 7) is 2.38. The summed E-state index contributed by atoms with van der Waals surface area (Å²) in [7, 11) is 0. The molecule has 1 amide bonds. The van der Waals surface area contributed by atoms with Gasteiger partial charge in [0.1, 0.15) is 5.69 Å². The number of carbonyl (C=O) groups is 1. The maximum atomic E-state index is 12.3. The first kappa shape index (κ1) is 15.7. The molecule has 0 unspecified atom stereocenters. The molecule has 0 atom stereocenters. The molecular formula is C19H17N3O2. The average Bonchev–Trinajstić information content (AvgIpc) is 2.60. The SMILES string of the molecule is Cc1ccc(-c2cc(C(=O)NCc3ccccc3)[nH]c(=O)n2)cc1. The lowest BCUT2D eigenvalue weighted by atomic mass is 10.1. The summed E-state index contributed by atoms with van der Waals surface area (Å²) in [5.41, 5.74) is 3.03. The number of nitrogens with zero attached hydrogens (tertiary/aromatic N) is 1. The van der Waals surface area contributed by atoms with Crippen molar-refractivity contribution in [3.05, 3.63) is 88.0 Å². The lowest BCUT2D eigenvalue weighted by Crippen LogP contribution is -2.27. The van der Waals surface area contributed by atoms with Crippen LogP contribution in [0.15, 0.2) is 65.5 Å². The Labute approximate surface area is 139 Å². The van der Waals surface area contributed by atoms with Crippen molar-refractivity contribution in [2.75, 3.05) is 0 Å². The highest BCUT2D eigenvalue weighted by Crippen LogP contribution is 2.16. The van der Waals surface area contributed by atoms with E-state index in [1.807, 2.05) is 61.5 Å². The number of hydrogen-bond donors (Lipinski definition) is 2. The molecule has 5 heteroatoms. The normalized spacial score (nSPS) is 10.4. The van der Waals surface area contributed by atoms with E-state index in [1.165, 1.54) is 0 Å². The lowest BCUT2D eigenvalue weighted by Gasteiger charge is -2.07. The Morgan fingerprint density at radius 2 is 1.79 bits per heavy atom. The van der Waals surface area contributed by atoms with Gasteiger partial charge in [0.05, 0.1) is 5.69 Å². The van der Waals surface area contributed by atoms with Crippen molar-refractivity contribution in [1.82, 2.24) is 15.3 Å². The molecule has 0 radical (unpaired) electrons. The Morgan fingerprint density at radius 1 is 1.08 bits per heavy atom. The summed E-state index contributed by atoms with van der Waals surface area (Å²) < 4.78 is 0. The number of aromatic nitrogens is 2. The summed E-state index contributed by atoms with van der Waals surface area (Å²) >= 11 is 0. The van der Waals surface area contributed by atoms with E-state index >= 15 is 0 Å². The van der Waals surface area contributed by atoms with Crippen molar-refractivity contribution < 1.29 is 4.79 Å².